The lowest BCUT2D eigenvalue weighted by Crippen LogP contribution is -2.34. The van der Waals surface area contributed by atoms with Crippen LogP contribution in [0.15, 0.2) is 23.1 Å². The Morgan fingerprint density at radius 1 is 1.23 bits per heavy atom. The highest BCUT2D eigenvalue weighted by molar-refractivity contribution is 7.89. The van der Waals surface area contributed by atoms with Crippen molar-refractivity contribution in [2.75, 3.05) is 32.6 Å². The average molecular weight is 326 g/mol. The zero-order chi connectivity index (χ0) is 16.5. The molecule has 1 aliphatic carbocycles. The largest absolute Gasteiger partial charge is 0.393 e. The summed E-state index contributed by atoms with van der Waals surface area (Å²) in [6, 6.07) is 5.20. The van der Waals surface area contributed by atoms with Gasteiger partial charge in [0.2, 0.25) is 10.0 Å². The molecule has 0 amide bonds. The highest BCUT2D eigenvalue weighted by Gasteiger charge is 2.30. The van der Waals surface area contributed by atoms with Gasteiger partial charge in [-0.3, -0.25) is 0 Å². The maximum absolute atomic E-state index is 12.7. The summed E-state index contributed by atoms with van der Waals surface area (Å²) in [5, 5.41) is 9.90. The fourth-order valence-electron chi connectivity index (χ4n) is 3.07. The minimum Gasteiger partial charge on any atom is -0.393 e. The summed E-state index contributed by atoms with van der Waals surface area (Å²) in [6.07, 6.45) is 2.24. The Labute approximate surface area is 133 Å². The zero-order valence-electron chi connectivity index (χ0n) is 13.8. The van der Waals surface area contributed by atoms with Gasteiger partial charge in [-0.15, -0.1) is 0 Å². The Kier molecular flexibility index (Phi) is 5.14. The molecule has 0 radical (unpaired) electrons. The molecular weight excluding hydrogens is 300 g/mol. The molecule has 22 heavy (non-hydrogen) atoms. The lowest BCUT2D eigenvalue weighted by Gasteiger charge is -2.24. The molecule has 0 spiro atoms. The first-order valence-electron chi connectivity index (χ1n) is 7.66. The molecule has 1 aliphatic rings. The number of rotatable bonds is 5. The molecule has 124 valence electrons. The van der Waals surface area contributed by atoms with Crippen LogP contribution in [0.5, 0.6) is 0 Å². The van der Waals surface area contributed by atoms with Gasteiger partial charge in [-0.2, -0.15) is 0 Å². The number of aliphatic hydroxyl groups excluding tert-OH is 1. The van der Waals surface area contributed by atoms with Crippen LogP contribution in [0.3, 0.4) is 0 Å². The van der Waals surface area contributed by atoms with Crippen molar-refractivity contribution in [1.82, 2.24) is 4.31 Å². The third-order valence-electron chi connectivity index (χ3n) is 4.48. The molecule has 0 aromatic heterocycles. The van der Waals surface area contributed by atoms with Crippen LogP contribution < -0.4 is 4.90 Å². The Balaban J connectivity index is 2.24. The predicted molar refractivity (Wildman–Crippen MR) is 88.7 cm³/mol. The van der Waals surface area contributed by atoms with Crippen molar-refractivity contribution in [1.29, 1.82) is 0 Å². The van der Waals surface area contributed by atoms with Gasteiger partial charge in [-0.05, 0) is 43.4 Å². The number of hydrogen-bond donors (Lipinski definition) is 1. The molecule has 1 saturated carbocycles. The van der Waals surface area contributed by atoms with Gasteiger partial charge in [0.25, 0.3) is 0 Å². The Morgan fingerprint density at radius 3 is 2.45 bits per heavy atom. The molecule has 0 bridgehead atoms. The molecule has 6 heteroatoms. The van der Waals surface area contributed by atoms with Crippen LogP contribution in [0.4, 0.5) is 5.69 Å². The van der Waals surface area contributed by atoms with E-state index in [1.54, 1.807) is 19.2 Å². The first-order valence-corrected chi connectivity index (χ1v) is 9.10. The van der Waals surface area contributed by atoms with E-state index < -0.39 is 10.0 Å². The quantitative estimate of drug-likeness (QED) is 0.897. The van der Waals surface area contributed by atoms with Crippen LogP contribution in [-0.2, 0) is 10.0 Å². The fraction of sp³-hybridized carbons (Fsp3) is 0.625. The molecule has 1 fully saturated rings. The highest BCUT2D eigenvalue weighted by Crippen LogP contribution is 2.29. The SMILES string of the molecule is Cc1ccc(S(=O)(=O)N(C)CC2CCCC2O)cc1N(C)C. The number of anilines is 1. The molecule has 2 rings (SSSR count). The Morgan fingerprint density at radius 2 is 1.91 bits per heavy atom. The van der Waals surface area contributed by atoms with Gasteiger partial charge in [0.15, 0.2) is 0 Å². The topological polar surface area (TPSA) is 60.9 Å². The number of sulfonamides is 1. The number of benzene rings is 1. The smallest absolute Gasteiger partial charge is 0.242 e. The second-order valence-corrected chi connectivity index (χ2v) is 8.43. The second kappa shape index (κ2) is 6.56. The van der Waals surface area contributed by atoms with Gasteiger partial charge >= 0.3 is 0 Å². The summed E-state index contributed by atoms with van der Waals surface area (Å²) < 4.78 is 26.8. The van der Waals surface area contributed by atoms with Crippen LogP contribution in [-0.4, -0.2) is 51.6 Å². The zero-order valence-corrected chi connectivity index (χ0v) is 14.6. The maximum Gasteiger partial charge on any atom is 0.242 e. The van der Waals surface area contributed by atoms with Crippen molar-refractivity contribution in [3.63, 3.8) is 0 Å². The summed E-state index contributed by atoms with van der Waals surface area (Å²) in [7, 11) is 1.87. The third-order valence-corrected chi connectivity index (χ3v) is 6.30. The first-order chi connectivity index (χ1) is 10.2. The van der Waals surface area contributed by atoms with E-state index in [9.17, 15) is 13.5 Å². The molecule has 5 nitrogen and oxygen atoms in total. The van der Waals surface area contributed by atoms with E-state index in [1.165, 1.54) is 4.31 Å². The van der Waals surface area contributed by atoms with Gasteiger partial charge in [0.05, 0.1) is 11.0 Å². The second-order valence-electron chi connectivity index (χ2n) is 6.39. The molecule has 1 aromatic carbocycles. The van der Waals surface area contributed by atoms with Gasteiger partial charge in [0.1, 0.15) is 0 Å². The molecular formula is C16H26N2O3S. The molecule has 2 unspecified atom stereocenters. The van der Waals surface area contributed by atoms with Crippen molar-refractivity contribution in [2.45, 2.75) is 37.2 Å². The maximum atomic E-state index is 12.7. The number of aliphatic hydroxyl groups is 1. The van der Waals surface area contributed by atoms with E-state index in [2.05, 4.69) is 0 Å². The first kappa shape index (κ1) is 17.2. The summed E-state index contributed by atoms with van der Waals surface area (Å²) in [6.45, 7) is 2.33. The van der Waals surface area contributed by atoms with E-state index in [0.717, 1.165) is 30.5 Å². The highest BCUT2D eigenvalue weighted by atomic mass is 32.2. The van der Waals surface area contributed by atoms with Crippen LogP contribution in [0.2, 0.25) is 0 Å². The number of hydrogen-bond acceptors (Lipinski definition) is 4. The summed E-state index contributed by atoms with van der Waals surface area (Å²) in [5.41, 5.74) is 1.94. The normalized spacial score (nSPS) is 22.3. The lowest BCUT2D eigenvalue weighted by molar-refractivity contribution is 0.123. The van der Waals surface area contributed by atoms with Gasteiger partial charge in [-0.1, -0.05) is 12.5 Å². The summed E-state index contributed by atoms with van der Waals surface area (Å²) in [4.78, 5) is 2.21. The molecule has 2 atom stereocenters. The van der Waals surface area contributed by atoms with Gasteiger partial charge in [-0.25, -0.2) is 12.7 Å². The van der Waals surface area contributed by atoms with Crippen molar-refractivity contribution < 1.29 is 13.5 Å². The molecule has 0 saturated heterocycles. The van der Waals surface area contributed by atoms with Crippen molar-refractivity contribution in [3.8, 4) is 0 Å². The molecule has 1 aromatic rings. The minimum atomic E-state index is -3.53. The van der Waals surface area contributed by atoms with Gasteiger partial charge in [0, 0.05) is 33.4 Å². The molecule has 0 heterocycles. The third kappa shape index (κ3) is 3.45. The monoisotopic (exact) mass is 326 g/mol. The van der Waals surface area contributed by atoms with Crippen LogP contribution in [0.25, 0.3) is 0 Å². The number of nitrogens with zero attached hydrogens (tertiary/aromatic N) is 2. The van der Waals surface area contributed by atoms with Crippen molar-refractivity contribution in [2.24, 2.45) is 5.92 Å². The standard InChI is InChI=1S/C16H26N2O3S/c1-12-8-9-14(10-15(12)17(2)3)22(20,21)18(4)11-13-6-5-7-16(13)19/h8-10,13,16,19H,5-7,11H2,1-4H3. The molecule has 0 aliphatic heterocycles. The van der Waals surface area contributed by atoms with Crippen LogP contribution in [0, 0.1) is 12.8 Å². The lowest BCUT2D eigenvalue weighted by atomic mass is 10.1. The van der Waals surface area contributed by atoms with Crippen molar-refractivity contribution >= 4 is 15.7 Å². The Hall–Kier alpha value is -1.11. The van der Waals surface area contributed by atoms with Gasteiger partial charge < -0.3 is 10.0 Å². The van der Waals surface area contributed by atoms with Crippen molar-refractivity contribution in [3.05, 3.63) is 23.8 Å². The summed E-state index contributed by atoms with van der Waals surface area (Å²) in [5.74, 6) is 0.0403. The van der Waals surface area contributed by atoms with E-state index >= 15 is 0 Å². The van der Waals surface area contributed by atoms with Crippen LogP contribution in [0.1, 0.15) is 24.8 Å². The molecule has 1 N–H and O–H groups in total. The van der Waals surface area contributed by atoms with E-state index in [-0.39, 0.29) is 12.0 Å². The predicted octanol–water partition coefficient (Wildman–Crippen LogP) is 1.84. The van der Waals surface area contributed by atoms with E-state index in [4.69, 9.17) is 0 Å². The fourth-order valence-corrected chi connectivity index (χ4v) is 4.32. The van der Waals surface area contributed by atoms with E-state index in [1.807, 2.05) is 32.0 Å². The number of aryl methyl sites for hydroxylation is 1. The minimum absolute atomic E-state index is 0.0403. The summed E-state index contributed by atoms with van der Waals surface area (Å²) >= 11 is 0. The Bertz CT molecular complexity index is 628. The van der Waals surface area contributed by atoms with Crippen LogP contribution >= 0.6 is 0 Å². The van der Waals surface area contributed by atoms with E-state index in [0.29, 0.717) is 11.4 Å². The average Bonchev–Trinajstić information content (AvgIpc) is 2.84.